The molecule has 0 aromatic carbocycles. The summed E-state index contributed by atoms with van der Waals surface area (Å²) in [6, 6.07) is 0. The number of hydrogen-bond donors (Lipinski definition) is 1. The van der Waals surface area contributed by atoms with Crippen LogP contribution in [0.25, 0.3) is 0 Å². The van der Waals surface area contributed by atoms with E-state index < -0.39 is 0 Å². The maximum atomic E-state index is 4.43. The summed E-state index contributed by atoms with van der Waals surface area (Å²) in [4.78, 5) is 4.43. The maximum absolute atomic E-state index is 4.43. The van der Waals surface area contributed by atoms with E-state index >= 15 is 0 Å². The van der Waals surface area contributed by atoms with E-state index in [1.165, 1.54) is 44.3 Å². The van der Waals surface area contributed by atoms with E-state index in [0.29, 0.717) is 5.41 Å². The molecule has 1 fully saturated rings. The second kappa shape index (κ2) is 5.67. The molecule has 17 heavy (non-hydrogen) atoms. The second-order valence-electron chi connectivity index (χ2n) is 5.55. The minimum absolute atomic E-state index is 0.527. The van der Waals surface area contributed by atoms with Crippen LogP contribution in [-0.4, -0.2) is 23.1 Å². The summed E-state index contributed by atoms with van der Waals surface area (Å²) < 4.78 is 2.15. The van der Waals surface area contributed by atoms with Crippen molar-refractivity contribution >= 4 is 0 Å². The number of aryl methyl sites for hydroxylation is 2. The quantitative estimate of drug-likeness (QED) is 0.850. The largest absolute Gasteiger partial charge is 0.338 e. The standard InChI is InChI=1S/C14H25N3/c1-15-12-14(7-4-3-5-8-14)9-6-13-16-10-11-17(13)2/h10-11,15H,3-9,12H2,1-2H3. The lowest BCUT2D eigenvalue weighted by molar-refractivity contribution is 0.169. The Kier molecular flexibility index (Phi) is 4.21. The Labute approximate surface area is 105 Å². The van der Waals surface area contributed by atoms with E-state index in [0.717, 1.165) is 13.0 Å². The molecular formula is C14H25N3. The van der Waals surface area contributed by atoms with Gasteiger partial charge in [0.1, 0.15) is 5.82 Å². The Bertz CT molecular complexity index is 331. The Morgan fingerprint density at radius 1 is 1.35 bits per heavy atom. The van der Waals surface area contributed by atoms with Crippen LogP contribution in [0.3, 0.4) is 0 Å². The van der Waals surface area contributed by atoms with Crippen molar-refractivity contribution in [1.82, 2.24) is 14.9 Å². The van der Waals surface area contributed by atoms with Gasteiger partial charge in [0.25, 0.3) is 0 Å². The Morgan fingerprint density at radius 2 is 2.12 bits per heavy atom. The van der Waals surface area contributed by atoms with Gasteiger partial charge in [-0.3, -0.25) is 0 Å². The van der Waals surface area contributed by atoms with Gasteiger partial charge in [-0.05, 0) is 31.7 Å². The highest BCUT2D eigenvalue weighted by atomic mass is 15.0. The van der Waals surface area contributed by atoms with Crippen LogP contribution in [-0.2, 0) is 13.5 Å². The van der Waals surface area contributed by atoms with Gasteiger partial charge in [0, 0.05) is 32.4 Å². The molecule has 0 radical (unpaired) electrons. The molecule has 0 atom stereocenters. The van der Waals surface area contributed by atoms with Crippen molar-refractivity contribution in [1.29, 1.82) is 0 Å². The van der Waals surface area contributed by atoms with Gasteiger partial charge in [-0.1, -0.05) is 19.3 Å². The summed E-state index contributed by atoms with van der Waals surface area (Å²) in [6.07, 6.45) is 13.3. The third kappa shape index (κ3) is 3.09. The molecule has 1 aromatic heterocycles. The average Bonchev–Trinajstić information content (AvgIpc) is 2.74. The molecule has 0 spiro atoms. The molecule has 3 nitrogen and oxygen atoms in total. The average molecular weight is 235 g/mol. The molecule has 0 aliphatic heterocycles. The number of nitrogens with one attached hydrogen (secondary N) is 1. The van der Waals surface area contributed by atoms with Gasteiger partial charge in [0.05, 0.1) is 0 Å². The Balaban J connectivity index is 1.95. The highest BCUT2D eigenvalue weighted by molar-refractivity contribution is 4.94. The molecule has 3 heteroatoms. The fourth-order valence-electron chi connectivity index (χ4n) is 3.21. The molecule has 1 aliphatic carbocycles. The van der Waals surface area contributed by atoms with E-state index in [9.17, 15) is 0 Å². The van der Waals surface area contributed by atoms with Gasteiger partial charge in [0.15, 0.2) is 0 Å². The first-order valence-electron chi connectivity index (χ1n) is 6.87. The lowest BCUT2D eigenvalue weighted by Gasteiger charge is -2.37. The zero-order valence-electron chi connectivity index (χ0n) is 11.2. The lowest BCUT2D eigenvalue weighted by atomic mass is 9.71. The molecule has 1 N–H and O–H groups in total. The molecule has 1 aromatic rings. The summed E-state index contributed by atoms with van der Waals surface area (Å²) in [5, 5.41) is 3.40. The smallest absolute Gasteiger partial charge is 0.108 e. The van der Waals surface area contributed by atoms with Crippen LogP contribution in [0.15, 0.2) is 12.4 Å². The second-order valence-corrected chi connectivity index (χ2v) is 5.55. The van der Waals surface area contributed by atoms with Crippen molar-refractivity contribution < 1.29 is 0 Å². The number of aromatic nitrogens is 2. The van der Waals surface area contributed by atoms with Crippen LogP contribution < -0.4 is 5.32 Å². The molecule has 96 valence electrons. The minimum Gasteiger partial charge on any atom is -0.338 e. The van der Waals surface area contributed by atoms with E-state index in [1.807, 2.05) is 12.4 Å². The Hall–Kier alpha value is -0.830. The molecule has 0 bridgehead atoms. The summed E-state index contributed by atoms with van der Waals surface area (Å²) in [6.45, 7) is 1.16. The zero-order valence-corrected chi connectivity index (χ0v) is 11.2. The van der Waals surface area contributed by atoms with E-state index in [2.05, 4.69) is 29.0 Å². The summed E-state index contributed by atoms with van der Waals surface area (Å²) in [5.74, 6) is 1.23. The van der Waals surface area contributed by atoms with E-state index in [4.69, 9.17) is 0 Å². The van der Waals surface area contributed by atoms with Gasteiger partial charge >= 0.3 is 0 Å². The first kappa shape index (κ1) is 12.6. The molecule has 2 rings (SSSR count). The van der Waals surface area contributed by atoms with Crippen molar-refractivity contribution in [2.45, 2.75) is 44.9 Å². The molecule has 1 saturated carbocycles. The first-order valence-corrected chi connectivity index (χ1v) is 6.87. The fraction of sp³-hybridized carbons (Fsp3) is 0.786. The Morgan fingerprint density at radius 3 is 2.71 bits per heavy atom. The van der Waals surface area contributed by atoms with E-state index in [1.54, 1.807) is 0 Å². The summed E-state index contributed by atoms with van der Waals surface area (Å²) in [7, 11) is 4.17. The molecule has 0 unspecified atom stereocenters. The first-order chi connectivity index (χ1) is 8.26. The normalized spacial score (nSPS) is 19.4. The fourth-order valence-corrected chi connectivity index (χ4v) is 3.21. The van der Waals surface area contributed by atoms with Crippen LogP contribution in [0.5, 0.6) is 0 Å². The molecule has 0 saturated heterocycles. The van der Waals surface area contributed by atoms with Crippen molar-refractivity contribution in [2.24, 2.45) is 12.5 Å². The number of imidazole rings is 1. The van der Waals surface area contributed by atoms with Crippen LogP contribution in [0.1, 0.15) is 44.3 Å². The zero-order chi connectivity index (χ0) is 12.1. The van der Waals surface area contributed by atoms with Crippen molar-refractivity contribution in [3.63, 3.8) is 0 Å². The van der Waals surface area contributed by atoms with Crippen LogP contribution >= 0.6 is 0 Å². The third-order valence-electron chi connectivity index (χ3n) is 4.27. The van der Waals surface area contributed by atoms with Crippen LogP contribution in [0.2, 0.25) is 0 Å². The minimum atomic E-state index is 0.527. The van der Waals surface area contributed by atoms with Crippen molar-refractivity contribution in [2.75, 3.05) is 13.6 Å². The van der Waals surface area contributed by atoms with Crippen LogP contribution in [0.4, 0.5) is 0 Å². The summed E-state index contributed by atoms with van der Waals surface area (Å²) >= 11 is 0. The monoisotopic (exact) mass is 235 g/mol. The predicted molar refractivity (Wildman–Crippen MR) is 71.0 cm³/mol. The number of hydrogen-bond acceptors (Lipinski definition) is 2. The number of rotatable bonds is 5. The van der Waals surface area contributed by atoms with Gasteiger partial charge in [0.2, 0.25) is 0 Å². The highest BCUT2D eigenvalue weighted by Gasteiger charge is 2.31. The van der Waals surface area contributed by atoms with E-state index in [-0.39, 0.29) is 0 Å². The SMILES string of the molecule is CNCC1(CCc2nccn2C)CCCCC1. The van der Waals surface area contributed by atoms with Gasteiger partial charge in [-0.25, -0.2) is 4.98 Å². The van der Waals surface area contributed by atoms with Crippen LogP contribution in [0, 0.1) is 5.41 Å². The van der Waals surface area contributed by atoms with Crippen molar-refractivity contribution in [3.05, 3.63) is 18.2 Å². The third-order valence-corrected chi connectivity index (χ3v) is 4.27. The lowest BCUT2D eigenvalue weighted by Crippen LogP contribution is -2.35. The number of nitrogens with zero attached hydrogens (tertiary/aromatic N) is 2. The molecule has 0 amide bonds. The molecule has 1 aliphatic rings. The highest BCUT2D eigenvalue weighted by Crippen LogP contribution is 2.39. The van der Waals surface area contributed by atoms with Crippen molar-refractivity contribution in [3.8, 4) is 0 Å². The maximum Gasteiger partial charge on any atom is 0.108 e. The predicted octanol–water partition coefficient (Wildman–Crippen LogP) is 2.52. The summed E-state index contributed by atoms with van der Waals surface area (Å²) in [5.41, 5.74) is 0.527. The van der Waals surface area contributed by atoms with Gasteiger partial charge in [-0.2, -0.15) is 0 Å². The van der Waals surface area contributed by atoms with Gasteiger partial charge < -0.3 is 9.88 Å². The molecular weight excluding hydrogens is 210 g/mol. The molecule has 1 heterocycles. The topological polar surface area (TPSA) is 29.9 Å². The van der Waals surface area contributed by atoms with Gasteiger partial charge in [-0.15, -0.1) is 0 Å².